The molecule has 1 heterocycles. The summed E-state index contributed by atoms with van der Waals surface area (Å²) in [6.07, 6.45) is 0. The third-order valence-electron chi connectivity index (χ3n) is 2.77. The number of nitrogens with zero attached hydrogens (tertiary/aromatic N) is 2. The highest BCUT2D eigenvalue weighted by Crippen LogP contribution is 2.29. The molecule has 0 unspecified atom stereocenters. The smallest absolute Gasteiger partial charge is 0.341 e. The van der Waals surface area contributed by atoms with Gasteiger partial charge in [-0.05, 0) is 26.0 Å². The lowest BCUT2D eigenvalue weighted by atomic mass is 10.1. The summed E-state index contributed by atoms with van der Waals surface area (Å²) in [5, 5.41) is 13.6. The van der Waals surface area contributed by atoms with Gasteiger partial charge in [0.05, 0.1) is 0 Å². The number of halogens is 1. The molecule has 1 aromatic carbocycles. The van der Waals surface area contributed by atoms with E-state index in [-0.39, 0.29) is 17.4 Å². The molecule has 19 heavy (non-hydrogen) atoms. The summed E-state index contributed by atoms with van der Waals surface area (Å²) in [4.78, 5) is 11.4. The molecule has 2 rings (SSSR count). The quantitative estimate of drug-likeness (QED) is 0.908. The van der Waals surface area contributed by atoms with Crippen molar-refractivity contribution >= 4 is 27.7 Å². The number of hydrogen-bond donors (Lipinski definition) is 2. The highest BCUT2D eigenvalue weighted by molar-refractivity contribution is 9.10. The zero-order valence-corrected chi connectivity index (χ0v) is 12.2. The Labute approximate surface area is 119 Å². The molecule has 0 aliphatic rings. The number of aromatic nitrogens is 2. The largest absolute Gasteiger partial charge is 0.477 e. The predicted octanol–water partition coefficient (Wildman–Crippen LogP) is 3.17. The lowest BCUT2D eigenvalue weighted by molar-refractivity contribution is 0.0699. The summed E-state index contributed by atoms with van der Waals surface area (Å²) >= 11 is 3.34. The van der Waals surface area contributed by atoms with Crippen molar-refractivity contribution in [2.75, 3.05) is 5.73 Å². The first-order chi connectivity index (χ1) is 8.91. The Morgan fingerprint density at radius 1 is 1.37 bits per heavy atom. The van der Waals surface area contributed by atoms with Gasteiger partial charge in [-0.15, -0.1) is 0 Å². The van der Waals surface area contributed by atoms with Crippen LogP contribution in [-0.4, -0.2) is 20.9 Å². The number of nitrogens with two attached hydrogens (primary N) is 1. The Balaban J connectivity index is 2.65. The fourth-order valence-electron chi connectivity index (χ4n) is 1.86. The Hall–Kier alpha value is -1.82. The van der Waals surface area contributed by atoms with Gasteiger partial charge in [0, 0.05) is 16.1 Å². The van der Waals surface area contributed by atoms with Crippen molar-refractivity contribution in [2.45, 2.75) is 19.9 Å². The van der Waals surface area contributed by atoms with Crippen LogP contribution in [0.2, 0.25) is 0 Å². The van der Waals surface area contributed by atoms with Crippen LogP contribution in [0.25, 0.3) is 11.3 Å². The van der Waals surface area contributed by atoms with E-state index in [1.807, 2.05) is 38.1 Å². The van der Waals surface area contributed by atoms with Crippen LogP contribution < -0.4 is 5.73 Å². The number of hydrogen-bond acceptors (Lipinski definition) is 3. The maximum absolute atomic E-state index is 11.4. The topological polar surface area (TPSA) is 81.1 Å². The van der Waals surface area contributed by atoms with E-state index in [1.165, 1.54) is 4.68 Å². The number of rotatable bonds is 3. The molecule has 0 amide bonds. The number of carboxylic acid groups (broad SMARTS) is 1. The zero-order chi connectivity index (χ0) is 14.2. The third kappa shape index (κ3) is 2.49. The minimum Gasteiger partial charge on any atom is -0.477 e. The number of anilines is 1. The van der Waals surface area contributed by atoms with Gasteiger partial charge in [0.1, 0.15) is 17.1 Å². The van der Waals surface area contributed by atoms with Crippen molar-refractivity contribution in [1.29, 1.82) is 0 Å². The van der Waals surface area contributed by atoms with E-state index in [0.717, 1.165) is 10.0 Å². The van der Waals surface area contributed by atoms with Gasteiger partial charge in [-0.3, -0.25) is 0 Å². The number of carbonyl (C=O) groups is 1. The van der Waals surface area contributed by atoms with Crippen molar-refractivity contribution in [2.24, 2.45) is 0 Å². The van der Waals surface area contributed by atoms with Crippen LogP contribution in [0.3, 0.4) is 0 Å². The summed E-state index contributed by atoms with van der Waals surface area (Å²) in [6.45, 7) is 3.81. The van der Waals surface area contributed by atoms with Gasteiger partial charge in [-0.2, -0.15) is 5.10 Å². The Morgan fingerprint density at radius 3 is 2.42 bits per heavy atom. The maximum atomic E-state index is 11.4. The first-order valence-corrected chi connectivity index (χ1v) is 6.58. The van der Waals surface area contributed by atoms with Crippen LogP contribution in [0.4, 0.5) is 5.82 Å². The maximum Gasteiger partial charge on any atom is 0.341 e. The molecule has 0 spiro atoms. The lowest BCUT2D eigenvalue weighted by Gasteiger charge is -2.06. The van der Waals surface area contributed by atoms with Crippen molar-refractivity contribution < 1.29 is 9.90 Å². The Kier molecular flexibility index (Phi) is 3.61. The highest BCUT2D eigenvalue weighted by Gasteiger charge is 2.23. The molecule has 1 aromatic heterocycles. The second-order valence-electron chi connectivity index (χ2n) is 4.46. The molecule has 0 radical (unpaired) electrons. The number of benzene rings is 1. The molecular formula is C13H14BrN3O2. The minimum atomic E-state index is -1.07. The van der Waals surface area contributed by atoms with E-state index in [2.05, 4.69) is 21.0 Å². The van der Waals surface area contributed by atoms with Gasteiger partial charge in [0.2, 0.25) is 0 Å². The van der Waals surface area contributed by atoms with Crippen LogP contribution in [0.5, 0.6) is 0 Å². The first kappa shape index (κ1) is 13.6. The lowest BCUT2D eigenvalue weighted by Crippen LogP contribution is -2.09. The molecule has 0 bridgehead atoms. The summed E-state index contributed by atoms with van der Waals surface area (Å²) in [7, 11) is 0. The molecule has 0 atom stereocenters. The molecule has 100 valence electrons. The van der Waals surface area contributed by atoms with Crippen molar-refractivity contribution in [3.63, 3.8) is 0 Å². The van der Waals surface area contributed by atoms with E-state index in [1.54, 1.807) is 0 Å². The van der Waals surface area contributed by atoms with Crippen LogP contribution in [-0.2, 0) is 0 Å². The fourth-order valence-corrected chi connectivity index (χ4v) is 2.13. The van der Waals surface area contributed by atoms with E-state index in [4.69, 9.17) is 5.73 Å². The molecule has 0 aliphatic carbocycles. The summed E-state index contributed by atoms with van der Waals surface area (Å²) < 4.78 is 2.45. The van der Waals surface area contributed by atoms with Gasteiger partial charge in [-0.1, -0.05) is 28.1 Å². The number of nitrogen functional groups attached to an aromatic ring is 1. The van der Waals surface area contributed by atoms with E-state index in [9.17, 15) is 9.90 Å². The highest BCUT2D eigenvalue weighted by atomic mass is 79.9. The molecule has 2 aromatic rings. The van der Waals surface area contributed by atoms with Crippen molar-refractivity contribution in [3.05, 3.63) is 34.3 Å². The normalized spacial score (nSPS) is 10.9. The van der Waals surface area contributed by atoms with Crippen molar-refractivity contribution in [3.8, 4) is 11.3 Å². The Morgan fingerprint density at radius 2 is 1.95 bits per heavy atom. The van der Waals surface area contributed by atoms with Gasteiger partial charge >= 0.3 is 5.97 Å². The van der Waals surface area contributed by atoms with Gasteiger partial charge < -0.3 is 10.8 Å². The monoisotopic (exact) mass is 323 g/mol. The fraction of sp³-hybridized carbons (Fsp3) is 0.231. The average Bonchev–Trinajstić information content (AvgIpc) is 2.68. The van der Waals surface area contributed by atoms with E-state index >= 15 is 0 Å². The minimum absolute atomic E-state index is 0.00213. The van der Waals surface area contributed by atoms with E-state index < -0.39 is 5.97 Å². The van der Waals surface area contributed by atoms with Gasteiger partial charge in [0.15, 0.2) is 0 Å². The summed E-state index contributed by atoms with van der Waals surface area (Å²) in [5.41, 5.74) is 7.06. The van der Waals surface area contributed by atoms with Crippen LogP contribution in [0, 0.1) is 0 Å². The first-order valence-electron chi connectivity index (χ1n) is 5.79. The average molecular weight is 324 g/mol. The molecular weight excluding hydrogens is 310 g/mol. The predicted molar refractivity (Wildman–Crippen MR) is 77.1 cm³/mol. The summed E-state index contributed by atoms with van der Waals surface area (Å²) in [5.74, 6) is -0.886. The zero-order valence-electron chi connectivity index (χ0n) is 10.6. The van der Waals surface area contributed by atoms with Crippen LogP contribution in [0.1, 0.15) is 30.2 Å². The Bertz CT molecular complexity index is 618. The molecule has 0 fully saturated rings. The van der Waals surface area contributed by atoms with E-state index in [0.29, 0.717) is 5.69 Å². The second-order valence-corrected chi connectivity index (χ2v) is 5.37. The molecule has 3 N–H and O–H groups in total. The van der Waals surface area contributed by atoms with Gasteiger partial charge in [-0.25, -0.2) is 9.48 Å². The third-order valence-corrected chi connectivity index (χ3v) is 3.30. The van der Waals surface area contributed by atoms with Crippen LogP contribution >= 0.6 is 15.9 Å². The number of aromatic carboxylic acids is 1. The molecule has 5 nitrogen and oxygen atoms in total. The van der Waals surface area contributed by atoms with Crippen LogP contribution in [0.15, 0.2) is 28.7 Å². The SMILES string of the molecule is CC(C)n1nc(-c2ccc(Br)cc2)c(C(=O)O)c1N. The standard InChI is InChI=1S/C13H14BrN3O2/c1-7(2)17-12(15)10(13(18)19)11(16-17)8-3-5-9(14)6-4-8/h3-7H,15H2,1-2H3,(H,18,19). The molecule has 0 saturated carbocycles. The molecule has 0 aliphatic heterocycles. The molecule has 0 saturated heterocycles. The van der Waals surface area contributed by atoms with Crippen molar-refractivity contribution in [1.82, 2.24) is 9.78 Å². The second kappa shape index (κ2) is 5.05. The number of carboxylic acids is 1. The van der Waals surface area contributed by atoms with Gasteiger partial charge in [0.25, 0.3) is 0 Å². The molecule has 6 heteroatoms. The summed E-state index contributed by atoms with van der Waals surface area (Å²) in [6, 6.07) is 7.30.